The van der Waals surface area contributed by atoms with Crippen LogP contribution in [-0.2, 0) is 0 Å². The molecule has 1 aliphatic heterocycles. The number of fused-ring (bicyclic) bond motifs is 1. The molecule has 2 rings (SSSR count). The molecule has 15 heavy (non-hydrogen) atoms. The quantitative estimate of drug-likeness (QED) is 0.534. The molecule has 0 spiro atoms. The average Bonchev–Trinajstić information content (AvgIpc) is 2.41. The van der Waals surface area contributed by atoms with Gasteiger partial charge in [0.25, 0.3) is 11.8 Å². The number of nitrogens with two attached hydrogens (primary N) is 1. The first-order valence-electron chi connectivity index (χ1n) is 4.80. The van der Waals surface area contributed by atoms with Crippen LogP contribution in [-0.4, -0.2) is 11.8 Å². The van der Waals surface area contributed by atoms with Crippen LogP contribution in [0.1, 0.15) is 46.0 Å². The minimum absolute atomic E-state index is 0.122. The third-order valence-electron chi connectivity index (χ3n) is 2.56. The van der Waals surface area contributed by atoms with E-state index in [1.165, 1.54) is 0 Å². The van der Waals surface area contributed by atoms with E-state index in [1.54, 1.807) is 12.1 Å². The number of benzene rings is 1. The smallest absolute Gasteiger partial charge is 0.259 e. The van der Waals surface area contributed by atoms with Crippen molar-refractivity contribution >= 4 is 17.5 Å². The second kappa shape index (κ2) is 3.08. The van der Waals surface area contributed by atoms with Crippen molar-refractivity contribution in [3.8, 4) is 0 Å². The fourth-order valence-corrected chi connectivity index (χ4v) is 1.92. The summed E-state index contributed by atoms with van der Waals surface area (Å²) in [4.78, 5) is 23.0. The van der Waals surface area contributed by atoms with E-state index in [-0.39, 0.29) is 17.7 Å². The minimum Gasteiger partial charge on any atom is -0.398 e. The Hall–Kier alpha value is -1.84. The predicted molar refractivity (Wildman–Crippen MR) is 56.7 cm³/mol. The summed E-state index contributed by atoms with van der Waals surface area (Å²) in [6.07, 6.45) is 0. The van der Waals surface area contributed by atoms with Gasteiger partial charge in [0, 0.05) is 5.69 Å². The van der Waals surface area contributed by atoms with Gasteiger partial charge in [-0.25, -0.2) is 0 Å². The van der Waals surface area contributed by atoms with Crippen LogP contribution in [0.4, 0.5) is 5.69 Å². The average molecular weight is 204 g/mol. The van der Waals surface area contributed by atoms with E-state index in [9.17, 15) is 9.59 Å². The molecule has 0 atom stereocenters. The zero-order valence-electron chi connectivity index (χ0n) is 8.63. The molecular formula is C11H12N2O2. The van der Waals surface area contributed by atoms with Crippen LogP contribution in [0.5, 0.6) is 0 Å². The third kappa shape index (κ3) is 1.29. The normalized spacial score (nSPS) is 14.3. The third-order valence-corrected chi connectivity index (χ3v) is 2.56. The molecule has 78 valence electrons. The molecule has 0 aliphatic carbocycles. The molecule has 1 aromatic carbocycles. The summed E-state index contributed by atoms with van der Waals surface area (Å²) in [5.41, 5.74) is 8.00. The lowest BCUT2D eigenvalue weighted by Gasteiger charge is -2.12. The van der Waals surface area contributed by atoms with Crippen LogP contribution < -0.4 is 11.1 Å². The van der Waals surface area contributed by atoms with Crippen LogP contribution in [0.2, 0.25) is 0 Å². The van der Waals surface area contributed by atoms with Gasteiger partial charge in [0.2, 0.25) is 0 Å². The Morgan fingerprint density at radius 1 is 1.20 bits per heavy atom. The zero-order chi connectivity index (χ0) is 11.2. The number of carbonyl (C=O) groups excluding carboxylic acids is 2. The van der Waals surface area contributed by atoms with Gasteiger partial charge in [-0.15, -0.1) is 0 Å². The molecule has 0 fully saturated rings. The van der Waals surface area contributed by atoms with Gasteiger partial charge in [-0.2, -0.15) is 0 Å². The van der Waals surface area contributed by atoms with Crippen LogP contribution in [0.3, 0.4) is 0 Å². The zero-order valence-corrected chi connectivity index (χ0v) is 8.63. The first-order chi connectivity index (χ1) is 7.02. The van der Waals surface area contributed by atoms with Gasteiger partial charge < -0.3 is 5.73 Å². The SMILES string of the molecule is CC(C)c1c(N)ccc2c1C(=O)NC2=O. The summed E-state index contributed by atoms with van der Waals surface area (Å²) in [5.74, 6) is -0.556. The van der Waals surface area contributed by atoms with Crippen molar-refractivity contribution in [2.45, 2.75) is 19.8 Å². The molecular weight excluding hydrogens is 192 g/mol. The highest BCUT2D eigenvalue weighted by molar-refractivity contribution is 6.22. The van der Waals surface area contributed by atoms with Crippen molar-refractivity contribution in [1.82, 2.24) is 5.32 Å². The fourth-order valence-electron chi connectivity index (χ4n) is 1.92. The van der Waals surface area contributed by atoms with Gasteiger partial charge in [-0.1, -0.05) is 13.8 Å². The number of amides is 2. The Morgan fingerprint density at radius 2 is 1.87 bits per heavy atom. The number of imide groups is 1. The van der Waals surface area contributed by atoms with Crippen molar-refractivity contribution in [2.24, 2.45) is 0 Å². The van der Waals surface area contributed by atoms with E-state index in [0.29, 0.717) is 16.8 Å². The van der Waals surface area contributed by atoms with E-state index in [4.69, 9.17) is 5.73 Å². The largest absolute Gasteiger partial charge is 0.398 e. The molecule has 0 radical (unpaired) electrons. The summed E-state index contributed by atoms with van der Waals surface area (Å²) in [6, 6.07) is 3.27. The summed E-state index contributed by atoms with van der Waals surface area (Å²) in [5, 5.41) is 2.27. The molecule has 1 heterocycles. The molecule has 3 N–H and O–H groups in total. The molecule has 0 aromatic heterocycles. The Bertz CT molecular complexity index is 464. The van der Waals surface area contributed by atoms with Gasteiger partial charge in [0.1, 0.15) is 0 Å². The maximum atomic E-state index is 11.6. The number of carbonyl (C=O) groups is 2. The number of nitrogens with one attached hydrogen (secondary N) is 1. The number of hydrogen-bond donors (Lipinski definition) is 2. The van der Waals surface area contributed by atoms with E-state index in [0.717, 1.165) is 5.56 Å². The van der Waals surface area contributed by atoms with Gasteiger partial charge in [0.05, 0.1) is 11.1 Å². The second-order valence-electron chi connectivity index (χ2n) is 3.93. The number of anilines is 1. The minimum atomic E-state index is -0.342. The maximum Gasteiger partial charge on any atom is 0.259 e. The van der Waals surface area contributed by atoms with E-state index in [1.807, 2.05) is 13.8 Å². The van der Waals surface area contributed by atoms with Crippen LogP contribution in [0.25, 0.3) is 0 Å². The molecule has 1 aliphatic rings. The molecule has 2 amide bonds. The van der Waals surface area contributed by atoms with Crippen molar-refractivity contribution < 1.29 is 9.59 Å². The first kappa shape index (κ1) is 9.71. The van der Waals surface area contributed by atoms with Crippen LogP contribution >= 0.6 is 0 Å². The van der Waals surface area contributed by atoms with Crippen molar-refractivity contribution in [3.05, 3.63) is 28.8 Å². The first-order valence-corrected chi connectivity index (χ1v) is 4.80. The van der Waals surface area contributed by atoms with Crippen molar-refractivity contribution in [2.75, 3.05) is 5.73 Å². The van der Waals surface area contributed by atoms with E-state index < -0.39 is 0 Å². The van der Waals surface area contributed by atoms with E-state index in [2.05, 4.69) is 5.32 Å². The highest BCUT2D eigenvalue weighted by Crippen LogP contribution is 2.30. The molecule has 0 bridgehead atoms. The molecule has 4 nitrogen and oxygen atoms in total. The number of nitrogen functional groups attached to an aromatic ring is 1. The topological polar surface area (TPSA) is 72.2 Å². The van der Waals surface area contributed by atoms with Crippen LogP contribution in [0.15, 0.2) is 12.1 Å². The van der Waals surface area contributed by atoms with Gasteiger partial charge >= 0.3 is 0 Å². The molecule has 0 saturated heterocycles. The standard InChI is InChI=1S/C11H12N2O2/c1-5(2)8-7(12)4-3-6-9(8)11(15)13-10(6)14/h3-5H,12H2,1-2H3,(H,13,14,15). The van der Waals surface area contributed by atoms with Gasteiger partial charge in [-0.3, -0.25) is 14.9 Å². The maximum absolute atomic E-state index is 11.6. The lowest BCUT2D eigenvalue weighted by Crippen LogP contribution is -2.20. The second-order valence-corrected chi connectivity index (χ2v) is 3.93. The Morgan fingerprint density at radius 3 is 2.47 bits per heavy atom. The Labute approximate surface area is 87.5 Å². The number of hydrogen-bond acceptors (Lipinski definition) is 3. The molecule has 0 saturated carbocycles. The summed E-state index contributed by atoms with van der Waals surface area (Å²) >= 11 is 0. The van der Waals surface area contributed by atoms with Gasteiger partial charge in [-0.05, 0) is 23.6 Å². The van der Waals surface area contributed by atoms with Crippen molar-refractivity contribution in [3.63, 3.8) is 0 Å². The van der Waals surface area contributed by atoms with Crippen LogP contribution in [0, 0.1) is 0 Å². The highest BCUT2D eigenvalue weighted by atomic mass is 16.2. The molecule has 4 heteroatoms. The van der Waals surface area contributed by atoms with Gasteiger partial charge in [0.15, 0.2) is 0 Å². The van der Waals surface area contributed by atoms with Crippen molar-refractivity contribution in [1.29, 1.82) is 0 Å². The number of rotatable bonds is 1. The lowest BCUT2D eigenvalue weighted by atomic mass is 9.92. The van der Waals surface area contributed by atoms with E-state index >= 15 is 0 Å². The monoisotopic (exact) mass is 204 g/mol. The molecule has 1 aromatic rings. The summed E-state index contributed by atoms with van der Waals surface area (Å²) < 4.78 is 0. The lowest BCUT2D eigenvalue weighted by molar-refractivity contribution is 0.0879. The Kier molecular flexibility index (Phi) is 2.00. The summed E-state index contributed by atoms with van der Waals surface area (Å²) in [7, 11) is 0. The fraction of sp³-hybridized carbons (Fsp3) is 0.273. The summed E-state index contributed by atoms with van der Waals surface area (Å²) in [6.45, 7) is 3.89. The molecule has 0 unspecified atom stereocenters. The predicted octanol–water partition coefficient (Wildman–Crippen LogP) is 1.28. The highest BCUT2D eigenvalue weighted by Gasteiger charge is 2.31. The Balaban J connectivity index is 2.76.